The number of ether oxygens (including phenoxy) is 1. The van der Waals surface area contributed by atoms with E-state index in [0.717, 1.165) is 62.2 Å². The van der Waals surface area contributed by atoms with Crippen LogP contribution in [0, 0.1) is 0 Å². The van der Waals surface area contributed by atoms with Gasteiger partial charge in [0.2, 0.25) is 5.95 Å². The van der Waals surface area contributed by atoms with Crippen LogP contribution in [0.3, 0.4) is 0 Å². The van der Waals surface area contributed by atoms with Crippen LogP contribution in [0.15, 0.2) is 12.3 Å². The van der Waals surface area contributed by atoms with Crippen molar-refractivity contribution < 1.29 is 4.74 Å². The van der Waals surface area contributed by atoms with Crippen molar-refractivity contribution in [3.8, 4) is 0 Å². The van der Waals surface area contributed by atoms with Crippen LogP contribution in [-0.4, -0.2) is 57.2 Å². The van der Waals surface area contributed by atoms with Gasteiger partial charge in [-0.05, 0) is 32.1 Å². The van der Waals surface area contributed by atoms with Gasteiger partial charge < -0.3 is 14.5 Å². The van der Waals surface area contributed by atoms with E-state index in [9.17, 15) is 0 Å². The SMILES string of the molecule is CCc1cc(N2CC[C@@H]3OCc4cnnn4[C@H]3C2)nc(N2CCCCC2)n1. The highest BCUT2D eigenvalue weighted by Gasteiger charge is 2.37. The van der Waals surface area contributed by atoms with E-state index in [-0.39, 0.29) is 12.1 Å². The third-order valence-corrected chi connectivity index (χ3v) is 6.01. The smallest absolute Gasteiger partial charge is 0.227 e. The largest absolute Gasteiger partial charge is 0.370 e. The summed E-state index contributed by atoms with van der Waals surface area (Å²) in [5, 5.41) is 8.39. The van der Waals surface area contributed by atoms with E-state index in [0.29, 0.717) is 6.61 Å². The number of anilines is 2. The molecular formula is C19H27N7O. The first-order valence-electron chi connectivity index (χ1n) is 10.2. The second-order valence-corrected chi connectivity index (χ2v) is 7.74. The monoisotopic (exact) mass is 369 g/mol. The Hall–Kier alpha value is -2.22. The Morgan fingerprint density at radius 2 is 2.00 bits per heavy atom. The van der Waals surface area contributed by atoms with E-state index in [2.05, 4.69) is 33.1 Å². The molecule has 0 aromatic carbocycles. The summed E-state index contributed by atoms with van der Waals surface area (Å²) < 4.78 is 8.10. The van der Waals surface area contributed by atoms with E-state index in [1.807, 2.05) is 10.9 Å². The number of piperidine rings is 2. The molecule has 2 atom stereocenters. The van der Waals surface area contributed by atoms with Gasteiger partial charge in [0.1, 0.15) is 5.82 Å². The van der Waals surface area contributed by atoms with Crippen molar-refractivity contribution in [1.29, 1.82) is 0 Å². The minimum atomic E-state index is 0.198. The van der Waals surface area contributed by atoms with Crippen LogP contribution in [-0.2, 0) is 17.8 Å². The van der Waals surface area contributed by atoms with Crippen molar-refractivity contribution in [2.24, 2.45) is 0 Å². The summed E-state index contributed by atoms with van der Waals surface area (Å²) in [5.41, 5.74) is 2.17. The molecule has 144 valence electrons. The molecule has 8 heteroatoms. The van der Waals surface area contributed by atoms with Gasteiger partial charge in [-0.15, -0.1) is 5.10 Å². The second-order valence-electron chi connectivity index (χ2n) is 7.74. The highest BCUT2D eigenvalue weighted by molar-refractivity contribution is 5.47. The maximum absolute atomic E-state index is 6.05. The summed E-state index contributed by atoms with van der Waals surface area (Å²) in [5.74, 6) is 1.93. The number of fused-ring (bicyclic) bond motifs is 3. The molecule has 0 unspecified atom stereocenters. The molecule has 0 radical (unpaired) electrons. The average Bonchev–Trinajstić information content (AvgIpc) is 3.23. The fourth-order valence-corrected chi connectivity index (χ4v) is 4.44. The van der Waals surface area contributed by atoms with Crippen LogP contribution in [0.4, 0.5) is 11.8 Å². The van der Waals surface area contributed by atoms with Gasteiger partial charge in [-0.1, -0.05) is 12.1 Å². The van der Waals surface area contributed by atoms with Gasteiger partial charge in [-0.2, -0.15) is 4.98 Å². The van der Waals surface area contributed by atoms with Gasteiger partial charge in [0.25, 0.3) is 0 Å². The molecule has 3 aliphatic rings. The number of aryl methyl sites for hydroxylation is 1. The first-order valence-corrected chi connectivity index (χ1v) is 10.2. The Balaban J connectivity index is 1.43. The van der Waals surface area contributed by atoms with Crippen molar-refractivity contribution in [3.05, 3.63) is 23.7 Å². The lowest BCUT2D eigenvalue weighted by Gasteiger charge is -2.41. The van der Waals surface area contributed by atoms with Crippen molar-refractivity contribution >= 4 is 11.8 Å². The Kier molecular flexibility index (Phi) is 4.43. The molecule has 5 heterocycles. The molecule has 0 spiro atoms. The minimum absolute atomic E-state index is 0.198. The zero-order chi connectivity index (χ0) is 18.2. The van der Waals surface area contributed by atoms with Crippen LogP contribution in [0.25, 0.3) is 0 Å². The molecule has 0 bridgehead atoms. The lowest BCUT2D eigenvalue weighted by Crippen LogP contribution is -2.48. The molecule has 2 saturated heterocycles. The number of aromatic nitrogens is 5. The Morgan fingerprint density at radius 1 is 1.11 bits per heavy atom. The zero-order valence-electron chi connectivity index (χ0n) is 15.9. The molecule has 2 fully saturated rings. The summed E-state index contributed by atoms with van der Waals surface area (Å²) >= 11 is 0. The number of rotatable bonds is 3. The van der Waals surface area contributed by atoms with Crippen molar-refractivity contribution in [2.75, 3.05) is 36.0 Å². The van der Waals surface area contributed by atoms with Crippen LogP contribution in [0.1, 0.15) is 50.0 Å². The maximum atomic E-state index is 6.05. The zero-order valence-corrected chi connectivity index (χ0v) is 15.9. The van der Waals surface area contributed by atoms with Gasteiger partial charge in [0, 0.05) is 37.9 Å². The Morgan fingerprint density at radius 3 is 2.85 bits per heavy atom. The van der Waals surface area contributed by atoms with Crippen LogP contribution < -0.4 is 9.80 Å². The summed E-state index contributed by atoms with van der Waals surface area (Å²) in [6, 6.07) is 2.35. The normalized spacial score (nSPS) is 25.2. The fraction of sp³-hybridized carbons (Fsp3) is 0.684. The van der Waals surface area contributed by atoms with Gasteiger partial charge >= 0.3 is 0 Å². The van der Waals surface area contributed by atoms with E-state index < -0.39 is 0 Å². The Labute approximate surface area is 159 Å². The molecule has 8 nitrogen and oxygen atoms in total. The molecule has 2 aromatic rings. The molecule has 0 amide bonds. The highest BCUT2D eigenvalue weighted by Crippen LogP contribution is 2.32. The predicted octanol–water partition coefficient (Wildman–Crippen LogP) is 1.97. The molecule has 0 N–H and O–H groups in total. The summed E-state index contributed by atoms with van der Waals surface area (Å²) in [7, 11) is 0. The van der Waals surface area contributed by atoms with Crippen molar-refractivity contribution in [1.82, 2.24) is 25.0 Å². The van der Waals surface area contributed by atoms with Gasteiger partial charge in [-0.25, -0.2) is 9.67 Å². The highest BCUT2D eigenvalue weighted by atomic mass is 16.5. The summed E-state index contributed by atoms with van der Waals surface area (Å²) in [6.45, 7) is 6.70. The molecule has 0 aliphatic carbocycles. The quantitative estimate of drug-likeness (QED) is 0.819. The average molecular weight is 369 g/mol. The molecule has 0 saturated carbocycles. The van der Waals surface area contributed by atoms with Crippen LogP contribution >= 0.6 is 0 Å². The number of nitrogens with zero attached hydrogens (tertiary/aromatic N) is 7. The third-order valence-electron chi connectivity index (χ3n) is 6.01. The van der Waals surface area contributed by atoms with Crippen molar-refractivity contribution in [2.45, 2.75) is 57.8 Å². The number of hydrogen-bond donors (Lipinski definition) is 0. The van der Waals surface area contributed by atoms with E-state index >= 15 is 0 Å². The summed E-state index contributed by atoms with van der Waals surface area (Å²) in [4.78, 5) is 14.5. The molecule has 3 aliphatic heterocycles. The second kappa shape index (κ2) is 7.07. The van der Waals surface area contributed by atoms with Crippen molar-refractivity contribution in [3.63, 3.8) is 0 Å². The first kappa shape index (κ1) is 16.9. The van der Waals surface area contributed by atoms with Crippen LogP contribution in [0.2, 0.25) is 0 Å². The predicted molar refractivity (Wildman–Crippen MR) is 102 cm³/mol. The third kappa shape index (κ3) is 3.16. The van der Waals surface area contributed by atoms with Gasteiger partial charge in [-0.3, -0.25) is 0 Å². The van der Waals surface area contributed by atoms with E-state index in [1.54, 1.807) is 0 Å². The lowest BCUT2D eigenvalue weighted by molar-refractivity contribution is -0.0373. The first-order chi connectivity index (χ1) is 13.3. The lowest BCUT2D eigenvalue weighted by atomic mass is 10.0. The van der Waals surface area contributed by atoms with Gasteiger partial charge in [0.15, 0.2) is 0 Å². The topological polar surface area (TPSA) is 72.2 Å². The standard InChI is InChI=1S/C19H27N7O/c1-2-14-10-18(22-19(21-14)24-7-4-3-5-8-24)25-9-6-17-16(12-25)26-15(13-27-17)11-20-23-26/h10-11,16-17H,2-9,12-13H2,1H3/t16-,17-/m0/s1. The molecule has 2 aromatic heterocycles. The summed E-state index contributed by atoms with van der Waals surface area (Å²) in [6.07, 6.45) is 7.70. The molecule has 27 heavy (non-hydrogen) atoms. The minimum Gasteiger partial charge on any atom is -0.370 e. The number of hydrogen-bond acceptors (Lipinski definition) is 7. The fourth-order valence-electron chi connectivity index (χ4n) is 4.44. The van der Waals surface area contributed by atoms with E-state index in [4.69, 9.17) is 14.7 Å². The Bertz CT molecular complexity index is 801. The van der Waals surface area contributed by atoms with E-state index in [1.165, 1.54) is 19.3 Å². The maximum Gasteiger partial charge on any atom is 0.227 e. The molecular weight excluding hydrogens is 342 g/mol. The van der Waals surface area contributed by atoms with Gasteiger partial charge in [0.05, 0.1) is 30.6 Å². The van der Waals surface area contributed by atoms with Crippen LogP contribution in [0.5, 0.6) is 0 Å². The molecule has 5 rings (SSSR count).